The van der Waals surface area contributed by atoms with Gasteiger partial charge in [-0.05, 0) is 97.3 Å². The minimum atomic E-state index is -0.100. The van der Waals surface area contributed by atoms with Crippen LogP contribution in [0.25, 0.3) is 72.0 Å². The van der Waals surface area contributed by atoms with Gasteiger partial charge in [0.2, 0.25) is 0 Å². The lowest BCUT2D eigenvalue weighted by Gasteiger charge is -2.22. The van der Waals surface area contributed by atoms with E-state index in [4.69, 9.17) is 4.99 Å². The SMILES string of the molecule is CC1(C)c2ccccc2-c2ccc(-n3c(-c4ccccc4)c(-c4ccccc4)c4c5ccc(-c6ccc(C7CN8C=CC=CC8=N7)cc6)cc5ccc43)cc21. The van der Waals surface area contributed by atoms with Gasteiger partial charge in [0.15, 0.2) is 0 Å². The maximum atomic E-state index is 4.97. The van der Waals surface area contributed by atoms with Crippen LogP contribution in [0.1, 0.15) is 36.6 Å². The molecule has 55 heavy (non-hydrogen) atoms. The molecule has 0 radical (unpaired) electrons. The highest BCUT2D eigenvalue weighted by atomic mass is 15.2. The zero-order valence-electron chi connectivity index (χ0n) is 30.9. The predicted molar refractivity (Wildman–Crippen MR) is 230 cm³/mol. The Morgan fingerprint density at radius 3 is 2.13 bits per heavy atom. The van der Waals surface area contributed by atoms with Gasteiger partial charge in [0.1, 0.15) is 5.84 Å². The lowest BCUT2D eigenvalue weighted by molar-refractivity contribution is 0.550. The summed E-state index contributed by atoms with van der Waals surface area (Å²) in [7, 11) is 0. The minimum absolute atomic E-state index is 0.100. The average molecular weight is 706 g/mol. The van der Waals surface area contributed by atoms with Crippen molar-refractivity contribution in [2.45, 2.75) is 25.3 Å². The number of hydrogen-bond acceptors (Lipinski definition) is 2. The molecule has 11 rings (SSSR count). The monoisotopic (exact) mass is 705 g/mol. The average Bonchev–Trinajstić information content (AvgIpc) is 3.90. The molecule has 0 N–H and O–H groups in total. The van der Waals surface area contributed by atoms with Gasteiger partial charge >= 0.3 is 0 Å². The van der Waals surface area contributed by atoms with Crippen molar-refractivity contribution in [3.8, 4) is 50.3 Å². The summed E-state index contributed by atoms with van der Waals surface area (Å²) in [6.45, 7) is 5.61. The summed E-state index contributed by atoms with van der Waals surface area (Å²) >= 11 is 0. The van der Waals surface area contributed by atoms with Gasteiger partial charge in [0.25, 0.3) is 0 Å². The molecule has 0 fully saturated rings. The fourth-order valence-electron chi connectivity index (χ4n) is 9.36. The van der Waals surface area contributed by atoms with E-state index in [0.717, 1.165) is 12.4 Å². The van der Waals surface area contributed by atoms with Crippen LogP contribution < -0.4 is 0 Å². The number of rotatable bonds is 5. The van der Waals surface area contributed by atoms with Crippen LogP contribution in [0.5, 0.6) is 0 Å². The van der Waals surface area contributed by atoms with Crippen LogP contribution in [0.4, 0.5) is 0 Å². The Labute approximate surface area is 321 Å². The van der Waals surface area contributed by atoms with Crippen molar-refractivity contribution in [2.75, 3.05) is 6.54 Å². The molecule has 0 saturated heterocycles. The summed E-state index contributed by atoms with van der Waals surface area (Å²) in [5, 5.41) is 3.75. The van der Waals surface area contributed by atoms with E-state index in [0.29, 0.717) is 0 Å². The van der Waals surface area contributed by atoms with Gasteiger partial charge in [0.05, 0.1) is 23.8 Å². The molecule has 3 heteroatoms. The van der Waals surface area contributed by atoms with Gasteiger partial charge in [-0.3, -0.25) is 4.99 Å². The van der Waals surface area contributed by atoms with E-state index in [-0.39, 0.29) is 11.5 Å². The molecular weight excluding hydrogens is 667 g/mol. The molecule has 2 aliphatic heterocycles. The summed E-state index contributed by atoms with van der Waals surface area (Å²) in [6.07, 6.45) is 8.34. The maximum absolute atomic E-state index is 4.97. The zero-order chi connectivity index (χ0) is 36.7. The number of benzene rings is 7. The van der Waals surface area contributed by atoms with Crippen LogP contribution in [0, 0.1) is 0 Å². The van der Waals surface area contributed by atoms with Gasteiger partial charge in [0, 0.05) is 28.3 Å². The third kappa shape index (κ3) is 4.93. The number of aliphatic imine (C=N–C) groups is 1. The quantitative estimate of drug-likeness (QED) is 0.175. The largest absolute Gasteiger partial charge is 0.331 e. The third-order valence-electron chi connectivity index (χ3n) is 12.1. The molecule has 0 saturated carbocycles. The number of fused-ring (bicyclic) bond motifs is 7. The first kappa shape index (κ1) is 31.8. The van der Waals surface area contributed by atoms with Crippen LogP contribution in [0.2, 0.25) is 0 Å². The summed E-state index contributed by atoms with van der Waals surface area (Å²) in [4.78, 5) is 7.20. The molecule has 0 spiro atoms. The Morgan fingerprint density at radius 1 is 0.600 bits per heavy atom. The second kappa shape index (κ2) is 12.2. The molecule has 0 amide bonds. The van der Waals surface area contributed by atoms with Crippen LogP contribution >= 0.6 is 0 Å². The summed E-state index contributed by atoms with van der Waals surface area (Å²) in [5.74, 6) is 1.04. The summed E-state index contributed by atoms with van der Waals surface area (Å²) < 4.78 is 2.52. The van der Waals surface area contributed by atoms with Crippen molar-refractivity contribution in [2.24, 2.45) is 4.99 Å². The van der Waals surface area contributed by atoms with E-state index in [2.05, 4.69) is 205 Å². The number of hydrogen-bond donors (Lipinski definition) is 0. The normalized spacial score (nSPS) is 16.4. The first-order chi connectivity index (χ1) is 27.0. The smallest absolute Gasteiger partial charge is 0.128 e. The topological polar surface area (TPSA) is 20.5 Å². The van der Waals surface area contributed by atoms with Crippen LogP contribution in [-0.2, 0) is 5.41 Å². The molecule has 3 aliphatic rings. The van der Waals surface area contributed by atoms with Crippen molar-refractivity contribution < 1.29 is 0 Å². The molecule has 262 valence electrons. The van der Waals surface area contributed by atoms with E-state index >= 15 is 0 Å². The van der Waals surface area contributed by atoms with E-state index in [1.54, 1.807) is 0 Å². The van der Waals surface area contributed by atoms with E-state index in [1.807, 2.05) is 0 Å². The lowest BCUT2D eigenvalue weighted by atomic mass is 9.82. The highest BCUT2D eigenvalue weighted by molar-refractivity contribution is 6.19. The number of amidine groups is 1. The van der Waals surface area contributed by atoms with Gasteiger partial charge in [-0.2, -0.15) is 0 Å². The third-order valence-corrected chi connectivity index (χ3v) is 12.1. The van der Waals surface area contributed by atoms with Gasteiger partial charge < -0.3 is 9.47 Å². The van der Waals surface area contributed by atoms with Gasteiger partial charge in [-0.15, -0.1) is 0 Å². The molecule has 7 aromatic carbocycles. The first-order valence-corrected chi connectivity index (χ1v) is 19.3. The first-order valence-electron chi connectivity index (χ1n) is 19.3. The molecule has 1 aliphatic carbocycles. The van der Waals surface area contributed by atoms with Gasteiger partial charge in [-0.1, -0.05) is 153 Å². The zero-order valence-corrected chi connectivity index (χ0v) is 30.9. The molecular formula is C52H39N3. The molecule has 3 heterocycles. The fourth-order valence-corrected chi connectivity index (χ4v) is 9.36. The van der Waals surface area contributed by atoms with E-state index in [9.17, 15) is 0 Å². The Hall–Kier alpha value is -6.71. The maximum Gasteiger partial charge on any atom is 0.128 e. The Bertz CT molecular complexity index is 2910. The molecule has 8 aromatic rings. The van der Waals surface area contributed by atoms with Crippen LogP contribution in [0.3, 0.4) is 0 Å². The molecule has 1 atom stereocenters. The van der Waals surface area contributed by atoms with Crippen molar-refractivity contribution in [1.29, 1.82) is 0 Å². The molecule has 3 nitrogen and oxygen atoms in total. The molecule has 0 bridgehead atoms. The summed E-state index contributed by atoms with van der Waals surface area (Å²) in [6, 6.07) is 58.7. The van der Waals surface area contributed by atoms with Crippen molar-refractivity contribution >= 4 is 27.5 Å². The van der Waals surface area contributed by atoms with E-state index < -0.39 is 0 Å². The Balaban J connectivity index is 1.10. The van der Waals surface area contributed by atoms with Crippen molar-refractivity contribution in [3.63, 3.8) is 0 Å². The second-order valence-electron chi connectivity index (χ2n) is 15.6. The van der Waals surface area contributed by atoms with E-state index in [1.165, 1.54) is 88.7 Å². The summed E-state index contributed by atoms with van der Waals surface area (Å²) in [5.41, 5.74) is 16.3. The standard InChI is InChI=1S/C52H39N3/c1-52(2)44-18-10-9-17-42(44)43-28-26-40(32-45(43)52)55-47-29-25-39-31-38(34-20-22-35(23-21-34)46-33-54-30-12-11-19-48(54)53-46)24-27-41(39)50(47)49(36-13-5-3-6-14-36)51(55)37-15-7-4-8-16-37/h3-32,46H,33H2,1-2H3. The van der Waals surface area contributed by atoms with Crippen molar-refractivity contribution in [3.05, 3.63) is 199 Å². The number of allylic oxidation sites excluding steroid dienone is 2. The molecule has 1 aromatic heterocycles. The Kier molecular flexibility index (Phi) is 7.03. The number of aromatic nitrogens is 1. The highest BCUT2D eigenvalue weighted by Crippen LogP contribution is 2.51. The molecule has 1 unspecified atom stereocenters. The fraction of sp³-hybridized carbons (Fsp3) is 0.0962. The van der Waals surface area contributed by atoms with Crippen LogP contribution in [0.15, 0.2) is 187 Å². The highest BCUT2D eigenvalue weighted by Gasteiger charge is 2.36. The minimum Gasteiger partial charge on any atom is -0.331 e. The lowest BCUT2D eigenvalue weighted by Crippen LogP contribution is -2.21. The van der Waals surface area contributed by atoms with Crippen molar-refractivity contribution in [1.82, 2.24) is 9.47 Å². The number of nitrogens with zero attached hydrogens (tertiary/aromatic N) is 3. The van der Waals surface area contributed by atoms with Crippen LogP contribution in [-0.4, -0.2) is 21.8 Å². The van der Waals surface area contributed by atoms with Gasteiger partial charge in [-0.25, -0.2) is 0 Å². The predicted octanol–water partition coefficient (Wildman–Crippen LogP) is 12.9. The Morgan fingerprint density at radius 2 is 1.33 bits per heavy atom. The second-order valence-corrected chi connectivity index (χ2v) is 15.6.